The maximum absolute atomic E-state index is 11.7. The first-order valence-electron chi connectivity index (χ1n) is 9.15. The molecule has 1 aliphatic heterocycles. The van der Waals surface area contributed by atoms with Crippen LogP contribution in [0.2, 0.25) is 0 Å². The zero-order valence-electron chi connectivity index (χ0n) is 16.0. The van der Waals surface area contributed by atoms with Gasteiger partial charge in [0.25, 0.3) is 0 Å². The van der Waals surface area contributed by atoms with Crippen LogP contribution in [0.25, 0.3) is 0 Å². The number of carbonyl (C=O) groups excluding carboxylic acids is 1. The van der Waals surface area contributed by atoms with Gasteiger partial charge in [-0.25, -0.2) is 4.99 Å². The van der Waals surface area contributed by atoms with Gasteiger partial charge in [0.15, 0.2) is 5.96 Å². The number of guanidine groups is 1. The van der Waals surface area contributed by atoms with Crippen molar-refractivity contribution < 1.29 is 9.53 Å². The van der Waals surface area contributed by atoms with E-state index in [9.17, 15) is 4.79 Å². The number of methoxy groups -OCH3 is 1. The Kier molecular flexibility index (Phi) is 15.2. The number of ether oxygens (including phenoxy) is 1. The van der Waals surface area contributed by atoms with Crippen molar-refractivity contribution in [1.29, 1.82) is 0 Å². The van der Waals surface area contributed by atoms with Gasteiger partial charge >= 0.3 is 0 Å². The number of likely N-dealkylation sites (tertiary alicyclic amines) is 1. The fourth-order valence-electron chi connectivity index (χ4n) is 2.64. The number of nitrogens with zero attached hydrogens (tertiary/aromatic N) is 2. The topological polar surface area (TPSA) is 78.0 Å². The third kappa shape index (κ3) is 12.4. The summed E-state index contributed by atoms with van der Waals surface area (Å²) in [5.74, 6) is 1.49. The van der Waals surface area contributed by atoms with Gasteiger partial charge in [-0.05, 0) is 51.7 Å². The minimum absolute atomic E-state index is 0. The fourth-order valence-corrected chi connectivity index (χ4v) is 2.64. The van der Waals surface area contributed by atoms with E-state index < -0.39 is 0 Å². The molecule has 1 rings (SSSR count). The van der Waals surface area contributed by atoms with Crippen LogP contribution in [0.4, 0.5) is 0 Å². The Hall–Kier alpha value is -0.610. The smallest absolute Gasteiger partial charge is 0.241 e. The first kappa shape index (κ1) is 24.4. The zero-order valence-corrected chi connectivity index (χ0v) is 18.3. The van der Waals surface area contributed by atoms with Crippen LogP contribution in [0.15, 0.2) is 4.99 Å². The van der Waals surface area contributed by atoms with Crippen LogP contribution in [0, 0.1) is 5.92 Å². The Balaban J connectivity index is 0.00000576. The summed E-state index contributed by atoms with van der Waals surface area (Å²) in [5, 5.41) is 9.23. The van der Waals surface area contributed by atoms with Crippen molar-refractivity contribution in [3.05, 3.63) is 0 Å². The molecule has 0 radical (unpaired) electrons. The summed E-state index contributed by atoms with van der Waals surface area (Å²) in [6.07, 6.45) is 3.71. The molecule has 1 saturated heterocycles. The lowest BCUT2D eigenvalue weighted by Crippen LogP contribution is -2.40. The highest BCUT2D eigenvalue weighted by Gasteiger charge is 2.14. The van der Waals surface area contributed by atoms with Crippen molar-refractivity contribution in [2.45, 2.75) is 33.1 Å². The lowest BCUT2D eigenvalue weighted by molar-refractivity contribution is -0.119. The van der Waals surface area contributed by atoms with Gasteiger partial charge in [-0.15, -0.1) is 24.0 Å². The minimum Gasteiger partial charge on any atom is -0.383 e. The van der Waals surface area contributed by atoms with E-state index in [-0.39, 0.29) is 36.4 Å². The molecular weight excluding hydrogens is 433 g/mol. The van der Waals surface area contributed by atoms with Crippen molar-refractivity contribution in [3.8, 4) is 0 Å². The van der Waals surface area contributed by atoms with E-state index in [1.165, 1.54) is 25.9 Å². The van der Waals surface area contributed by atoms with Crippen LogP contribution < -0.4 is 16.0 Å². The molecule has 0 spiro atoms. The average Bonchev–Trinajstić information content (AvgIpc) is 2.58. The van der Waals surface area contributed by atoms with Crippen LogP contribution in [-0.2, 0) is 9.53 Å². The summed E-state index contributed by atoms with van der Waals surface area (Å²) in [7, 11) is 1.61. The maximum atomic E-state index is 11.7. The molecular formula is C17H36IN5O2. The molecule has 1 aliphatic rings. The second-order valence-electron chi connectivity index (χ2n) is 6.34. The summed E-state index contributed by atoms with van der Waals surface area (Å²) < 4.78 is 4.90. The van der Waals surface area contributed by atoms with Crippen molar-refractivity contribution >= 4 is 35.8 Å². The largest absolute Gasteiger partial charge is 0.383 e. The molecule has 1 fully saturated rings. The number of rotatable bonds is 10. The molecule has 7 nitrogen and oxygen atoms in total. The molecule has 0 aromatic carbocycles. The lowest BCUT2D eigenvalue weighted by atomic mass is 9.99. The van der Waals surface area contributed by atoms with Crippen LogP contribution in [0.1, 0.15) is 33.1 Å². The number of hydrogen-bond donors (Lipinski definition) is 3. The van der Waals surface area contributed by atoms with Gasteiger partial charge in [0.2, 0.25) is 5.91 Å². The number of nitrogens with one attached hydrogen (secondary N) is 3. The molecule has 0 saturated carbocycles. The number of hydrogen-bond acceptors (Lipinski definition) is 4. The highest BCUT2D eigenvalue weighted by Crippen LogP contribution is 2.15. The predicted molar refractivity (Wildman–Crippen MR) is 114 cm³/mol. The van der Waals surface area contributed by atoms with E-state index in [0.29, 0.717) is 19.1 Å². The molecule has 0 unspecified atom stereocenters. The number of amides is 1. The second kappa shape index (κ2) is 15.6. The fraction of sp³-hybridized carbons (Fsp3) is 0.882. The van der Waals surface area contributed by atoms with E-state index in [0.717, 1.165) is 32.0 Å². The van der Waals surface area contributed by atoms with Gasteiger partial charge in [-0.3, -0.25) is 4.79 Å². The van der Waals surface area contributed by atoms with E-state index >= 15 is 0 Å². The molecule has 8 heteroatoms. The number of carbonyl (C=O) groups is 1. The normalized spacial score (nSPS) is 16.2. The standard InChI is InChI=1S/C17H35N5O2.HI/c1-4-18-17(21-14-16(23)19-9-13-24-3)20-8-5-10-22-11-6-15(2)7-12-22;/h15H,4-14H2,1-3H3,(H,19,23)(H2,18,20,21);1H. The molecule has 1 amide bonds. The molecule has 25 heavy (non-hydrogen) atoms. The quantitative estimate of drug-likeness (QED) is 0.193. The van der Waals surface area contributed by atoms with Gasteiger partial charge in [0.05, 0.1) is 6.61 Å². The molecule has 0 aliphatic carbocycles. The Bertz CT molecular complexity index is 374. The molecule has 0 aromatic rings. The summed E-state index contributed by atoms with van der Waals surface area (Å²) in [6.45, 7) is 10.7. The van der Waals surface area contributed by atoms with Crippen molar-refractivity contribution in [1.82, 2.24) is 20.9 Å². The molecule has 0 atom stereocenters. The van der Waals surface area contributed by atoms with Gasteiger partial charge in [-0.1, -0.05) is 6.92 Å². The Labute approximate surface area is 169 Å². The first-order chi connectivity index (χ1) is 11.7. The molecule has 1 heterocycles. The number of halogens is 1. The Morgan fingerprint density at radius 2 is 1.92 bits per heavy atom. The SMILES string of the molecule is CCNC(=NCC(=O)NCCOC)NCCCN1CCC(C)CC1.I. The van der Waals surface area contributed by atoms with E-state index in [4.69, 9.17) is 4.74 Å². The summed E-state index contributed by atoms with van der Waals surface area (Å²) in [4.78, 5) is 18.5. The average molecular weight is 469 g/mol. The molecule has 0 aromatic heterocycles. The van der Waals surface area contributed by atoms with Crippen molar-refractivity contribution in [2.75, 3.05) is 59.5 Å². The predicted octanol–water partition coefficient (Wildman–Crippen LogP) is 1.04. The van der Waals surface area contributed by atoms with Gasteiger partial charge in [-0.2, -0.15) is 0 Å². The lowest BCUT2D eigenvalue weighted by Gasteiger charge is -2.30. The number of piperidine rings is 1. The molecule has 0 bridgehead atoms. The minimum atomic E-state index is -0.0910. The third-order valence-electron chi connectivity index (χ3n) is 4.17. The van der Waals surface area contributed by atoms with Crippen molar-refractivity contribution in [3.63, 3.8) is 0 Å². The highest BCUT2D eigenvalue weighted by molar-refractivity contribution is 14.0. The Morgan fingerprint density at radius 3 is 2.56 bits per heavy atom. The number of aliphatic imine (C=N–C) groups is 1. The van der Waals surface area contributed by atoms with Gasteiger partial charge in [0, 0.05) is 26.7 Å². The third-order valence-corrected chi connectivity index (χ3v) is 4.17. The monoisotopic (exact) mass is 469 g/mol. The van der Waals surface area contributed by atoms with Crippen LogP contribution in [0.3, 0.4) is 0 Å². The zero-order chi connectivity index (χ0) is 17.6. The van der Waals surface area contributed by atoms with E-state index in [1.807, 2.05) is 6.92 Å². The van der Waals surface area contributed by atoms with E-state index in [2.05, 4.69) is 32.8 Å². The highest BCUT2D eigenvalue weighted by atomic mass is 127. The Morgan fingerprint density at radius 1 is 1.20 bits per heavy atom. The first-order valence-corrected chi connectivity index (χ1v) is 9.15. The molecule has 3 N–H and O–H groups in total. The molecule has 148 valence electrons. The van der Waals surface area contributed by atoms with Crippen LogP contribution >= 0.6 is 24.0 Å². The summed E-state index contributed by atoms with van der Waals surface area (Å²) >= 11 is 0. The van der Waals surface area contributed by atoms with Crippen LogP contribution in [0.5, 0.6) is 0 Å². The maximum Gasteiger partial charge on any atom is 0.241 e. The van der Waals surface area contributed by atoms with Crippen molar-refractivity contribution in [2.24, 2.45) is 10.9 Å². The summed E-state index contributed by atoms with van der Waals surface area (Å²) in [6, 6.07) is 0. The van der Waals surface area contributed by atoms with Crippen LogP contribution in [-0.4, -0.2) is 76.3 Å². The van der Waals surface area contributed by atoms with E-state index in [1.54, 1.807) is 7.11 Å². The van der Waals surface area contributed by atoms with Gasteiger partial charge < -0.3 is 25.6 Å². The van der Waals surface area contributed by atoms with Gasteiger partial charge in [0.1, 0.15) is 6.54 Å². The second-order valence-corrected chi connectivity index (χ2v) is 6.34. The summed E-state index contributed by atoms with van der Waals surface area (Å²) in [5.41, 5.74) is 0.